The zero-order valence-corrected chi connectivity index (χ0v) is 18.9. The first-order chi connectivity index (χ1) is 14.9. The van der Waals surface area contributed by atoms with Gasteiger partial charge < -0.3 is 10.1 Å². The van der Waals surface area contributed by atoms with Gasteiger partial charge in [0.05, 0.1) is 10.9 Å². The molecular formula is C22H25N5O3S. The Bertz CT molecular complexity index is 1170. The van der Waals surface area contributed by atoms with Gasteiger partial charge in [0.15, 0.2) is 12.4 Å². The van der Waals surface area contributed by atoms with Crippen LogP contribution in [0.15, 0.2) is 23.4 Å². The number of Topliss-reactive ketones (excluding diaryl/α,β-unsaturated/α-hetero) is 1. The van der Waals surface area contributed by atoms with Gasteiger partial charge in [-0.2, -0.15) is 4.98 Å². The number of hydrogen-bond acceptors (Lipinski definition) is 7. The summed E-state index contributed by atoms with van der Waals surface area (Å²) in [6, 6.07) is 5.07. The quantitative estimate of drug-likeness (QED) is 0.442. The Hall–Kier alpha value is -2.94. The molecule has 0 fully saturated rings. The van der Waals surface area contributed by atoms with Gasteiger partial charge in [0.25, 0.3) is 11.7 Å². The van der Waals surface area contributed by atoms with Crippen LogP contribution in [0.1, 0.15) is 54.0 Å². The summed E-state index contributed by atoms with van der Waals surface area (Å²) in [4.78, 5) is 33.7. The van der Waals surface area contributed by atoms with E-state index in [2.05, 4.69) is 27.3 Å². The van der Waals surface area contributed by atoms with E-state index in [1.165, 1.54) is 17.3 Å². The van der Waals surface area contributed by atoms with Crippen LogP contribution in [0.3, 0.4) is 0 Å². The lowest BCUT2D eigenvalue weighted by molar-refractivity contribution is -0.118. The Labute approximate surface area is 184 Å². The monoisotopic (exact) mass is 439 g/mol. The molecule has 0 spiro atoms. The highest BCUT2D eigenvalue weighted by Crippen LogP contribution is 2.31. The molecule has 162 valence electrons. The molecule has 9 heteroatoms. The molecule has 1 aromatic carbocycles. The van der Waals surface area contributed by atoms with E-state index in [0.717, 1.165) is 30.7 Å². The normalized spacial score (nSPS) is 14.1. The van der Waals surface area contributed by atoms with Crippen LogP contribution in [0.4, 0.5) is 5.69 Å². The molecule has 8 nitrogen and oxygen atoms in total. The summed E-state index contributed by atoms with van der Waals surface area (Å²) in [5.41, 5.74) is 4.24. The van der Waals surface area contributed by atoms with Gasteiger partial charge in [-0.1, -0.05) is 25.1 Å². The molecule has 1 amide bonds. The van der Waals surface area contributed by atoms with Crippen molar-refractivity contribution in [2.24, 2.45) is 0 Å². The number of carbonyl (C=O) groups excluding carboxylic acids is 2. The second-order valence-electron chi connectivity index (χ2n) is 7.64. The molecule has 3 aromatic rings. The number of amides is 1. The Morgan fingerprint density at radius 3 is 2.90 bits per heavy atom. The fourth-order valence-electron chi connectivity index (χ4n) is 3.64. The van der Waals surface area contributed by atoms with E-state index >= 15 is 0 Å². The number of aryl methyl sites for hydroxylation is 2. The molecular weight excluding hydrogens is 414 g/mol. The summed E-state index contributed by atoms with van der Waals surface area (Å²) in [6.07, 6.45) is 3.18. The highest BCUT2D eigenvalue weighted by atomic mass is 32.2. The third-order valence-electron chi connectivity index (χ3n) is 5.36. The number of nitrogens with zero attached hydrogens (tertiary/aromatic N) is 4. The van der Waals surface area contributed by atoms with Crippen molar-refractivity contribution in [1.29, 1.82) is 0 Å². The lowest BCUT2D eigenvalue weighted by atomic mass is 10.1. The molecule has 1 aliphatic heterocycles. The second-order valence-corrected chi connectivity index (χ2v) is 8.95. The standard InChI is InChI=1S/C22H25N5O3S/c1-5-6-7-16-12(2)23-21-25-22(26-27(21)13(16)3)31-14(4)20(29)15-8-9-18-17(10-15)24-19(28)11-30-18/h8-10,14H,5-7,11H2,1-4H3,(H,24,28). The van der Waals surface area contributed by atoms with Crippen molar-refractivity contribution in [2.45, 2.75) is 57.4 Å². The Balaban J connectivity index is 1.55. The van der Waals surface area contributed by atoms with Gasteiger partial charge in [0.2, 0.25) is 5.16 Å². The molecule has 31 heavy (non-hydrogen) atoms. The molecule has 1 aliphatic rings. The van der Waals surface area contributed by atoms with Gasteiger partial charge in [-0.3, -0.25) is 9.59 Å². The Kier molecular flexibility index (Phi) is 5.95. The number of nitrogens with one attached hydrogen (secondary N) is 1. The lowest BCUT2D eigenvalue weighted by Crippen LogP contribution is -2.25. The van der Waals surface area contributed by atoms with Gasteiger partial charge in [-0.05, 0) is 57.4 Å². The molecule has 1 unspecified atom stereocenters. The van der Waals surface area contributed by atoms with E-state index in [-0.39, 0.29) is 18.3 Å². The van der Waals surface area contributed by atoms with Gasteiger partial charge in [0, 0.05) is 17.0 Å². The minimum Gasteiger partial charge on any atom is -0.482 e. The molecule has 3 heterocycles. The zero-order valence-electron chi connectivity index (χ0n) is 18.1. The van der Waals surface area contributed by atoms with Gasteiger partial charge in [-0.15, -0.1) is 5.10 Å². The predicted molar refractivity (Wildman–Crippen MR) is 119 cm³/mol. The first-order valence-electron chi connectivity index (χ1n) is 10.4. The maximum Gasteiger partial charge on any atom is 0.262 e. The van der Waals surface area contributed by atoms with Crippen LogP contribution in [-0.2, 0) is 11.2 Å². The minimum absolute atomic E-state index is 0.0147. The van der Waals surface area contributed by atoms with E-state index < -0.39 is 5.25 Å². The largest absolute Gasteiger partial charge is 0.482 e. The number of unbranched alkanes of at least 4 members (excludes halogenated alkanes) is 1. The number of fused-ring (bicyclic) bond motifs is 2. The molecule has 0 bridgehead atoms. The van der Waals surface area contributed by atoms with Crippen LogP contribution < -0.4 is 10.1 Å². The zero-order chi connectivity index (χ0) is 22.1. The van der Waals surface area contributed by atoms with Crippen LogP contribution >= 0.6 is 11.8 Å². The van der Waals surface area contributed by atoms with Crippen LogP contribution in [0.25, 0.3) is 5.78 Å². The fraction of sp³-hybridized carbons (Fsp3) is 0.409. The van der Waals surface area contributed by atoms with Crippen molar-refractivity contribution >= 4 is 34.9 Å². The van der Waals surface area contributed by atoms with E-state index in [4.69, 9.17) is 4.74 Å². The third kappa shape index (κ3) is 4.27. The highest BCUT2D eigenvalue weighted by molar-refractivity contribution is 8.00. The van der Waals surface area contributed by atoms with Gasteiger partial charge in [0.1, 0.15) is 5.75 Å². The van der Waals surface area contributed by atoms with Crippen LogP contribution in [0.2, 0.25) is 0 Å². The number of thioether (sulfide) groups is 1. The number of ether oxygens (including phenoxy) is 1. The molecule has 0 radical (unpaired) electrons. The van der Waals surface area contributed by atoms with Crippen LogP contribution in [0, 0.1) is 13.8 Å². The van der Waals surface area contributed by atoms with Crippen LogP contribution in [0.5, 0.6) is 5.75 Å². The minimum atomic E-state index is -0.406. The maximum absolute atomic E-state index is 13.0. The van der Waals surface area contributed by atoms with Crippen molar-refractivity contribution in [2.75, 3.05) is 11.9 Å². The molecule has 1 atom stereocenters. The average Bonchev–Trinajstić information content (AvgIpc) is 3.14. The Morgan fingerprint density at radius 2 is 2.13 bits per heavy atom. The van der Waals surface area contributed by atoms with E-state index in [1.807, 2.05) is 20.8 Å². The number of hydrogen-bond donors (Lipinski definition) is 1. The topological polar surface area (TPSA) is 98.5 Å². The molecule has 0 aliphatic carbocycles. The molecule has 0 saturated heterocycles. The molecule has 0 saturated carbocycles. The van der Waals surface area contributed by atoms with Crippen molar-refractivity contribution in [3.63, 3.8) is 0 Å². The number of carbonyl (C=O) groups is 2. The first kappa shape index (κ1) is 21.3. The molecule has 4 rings (SSSR count). The summed E-state index contributed by atoms with van der Waals surface area (Å²) < 4.78 is 7.12. The highest BCUT2D eigenvalue weighted by Gasteiger charge is 2.23. The van der Waals surface area contributed by atoms with Crippen molar-refractivity contribution in [3.8, 4) is 5.75 Å². The molecule has 2 aromatic heterocycles. The second kappa shape index (κ2) is 8.66. The summed E-state index contributed by atoms with van der Waals surface area (Å²) in [5.74, 6) is 0.807. The lowest BCUT2D eigenvalue weighted by Gasteiger charge is -2.18. The SMILES string of the molecule is CCCCc1c(C)nc2nc(SC(C)C(=O)c3ccc4c(c3)NC(=O)CO4)nn2c1C. The van der Waals surface area contributed by atoms with Crippen LogP contribution in [-0.4, -0.2) is 43.1 Å². The third-order valence-corrected chi connectivity index (χ3v) is 6.31. The van der Waals surface area contributed by atoms with Crippen molar-refractivity contribution in [1.82, 2.24) is 19.6 Å². The van der Waals surface area contributed by atoms with E-state index in [9.17, 15) is 9.59 Å². The number of ketones is 1. The number of benzene rings is 1. The van der Waals surface area contributed by atoms with Gasteiger partial charge in [-0.25, -0.2) is 9.50 Å². The van der Waals surface area contributed by atoms with E-state index in [1.54, 1.807) is 22.7 Å². The van der Waals surface area contributed by atoms with Gasteiger partial charge >= 0.3 is 0 Å². The number of anilines is 1. The smallest absolute Gasteiger partial charge is 0.262 e. The summed E-state index contributed by atoms with van der Waals surface area (Å²) >= 11 is 1.30. The summed E-state index contributed by atoms with van der Waals surface area (Å²) in [6.45, 7) is 8.02. The predicted octanol–water partition coefficient (Wildman–Crippen LogP) is 3.78. The summed E-state index contributed by atoms with van der Waals surface area (Å²) in [5, 5.41) is 7.43. The number of aromatic nitrogens is 4. The maximum atomic E-state index is 13.0. The van der Waals surface area contributed by atoms with E-state index in [0.29, 0.717) is 27.9 Å². The summed E-state index contributed by atoms with van der Waals surface area (Å²) in [7, 11) is 0. The van der Waals surface area contributed by atoms with Crippen molar-refractivity contribution in [3.05, 3.63) is 40.7 Å². The first-order valence-corrected chi connectivity index (χ1v) is 11.3. The fourth-order valence-corrected chi connectivity index (χ4v) is 4.46. The van der Waals surface area contributed by atoms with Crippen molar-refractivity contribution < 1.29 is 14.3 Å². The molecule has 1 N–H and O–H groups in total. The number of rotatable bonds is 7. The Morgan fingerprint density at radius 1 is 1.32 bits per heavy atom. The average molecular weight is 440 g/mol.